The molecule has 1 aliphatic carbocycles. The summed E-state index contributed by atoms with van der Waals surface area (Å²) < 4.78 is 1.73. The Balaban J connectivity index is 1.76. The van der Waals surface area contributed by atoms with Crippen molar-refractivity contribution in [2.75, 3.05) is 7.05 Å². The lowest BCUT2D eigenvalue weighted by molar-refractivity contribution is 0.180. The van der Waals surface area contributed by atoms with Crippen molar-refractivity contribution in [3.8, 4) is 0 Å². The summed E-state index contributed by atoms with van der Waals surface area (Å²) in [5.41, 5.74) is 0. The van der Waals surface area contributed by atoms with Gasteiger partial charge in [0.25, 0.3) is 0 Å². The van der Waals surface area contributed by atoms with E-state index in [1.165, 1.54) is 19.3 Å². The maximum Gasteiger partial charge on any atom is 0.150 e. The summed E-state index contributed by atoms with van der Waals surface area (Å²) in [5, 5.41) is 11.5. The first-order chi connectivity index (χ1) is 9.99. The first-order valence-electron chi connectivity index (χ1n) is 7.96. The van der Waals surface area contributed by atoms with E-state index in [2.05, 4.69) is 41.3 Å². The number of aromatic nitrogens is 4. The Labute approximate surface area is 133 Å². The zero-order valence-electron chi connectivity index (χ0n) is 13.6. The smallest absolute Gasteiger partial charge is 0.150 e. The fourth-order valence-electron chi connectivity index (χ4n) is 3.11. The van der Waals surface area contributed by atoms with Gasteiger partial charge in [0.2, 0.25) is 0 Å². The Morgan fingerprint density at radius 2 is 2.10 bits per heavy atom. The monoisotopic (exact) mass is 309 g/mol. The molecule has 1 aliphatic rings. The number of tetrazole rings is 1. The van der Waals surface area contributed by atoms with Gasteiger partial charge < -0.3 is 4.90 Å². The van der Waals surface area contributed by atoms with Crippen molar-refractivity contribution in [1.82, 2.24) is 25.1 Å². The van der Waals surface area contributed by atoms with Crippen LogP contribution < -0.4 is 0 Å². The maximum atomic E-state index is 5.62. The molecule has 1 aromatic heterocycles. The molecule has 2 rings (SSSR count). The second kappa shape index (κ2) is 7.29. The van der Waals surface area contributed by atoms with E-state index >= 15 is 0 Å². The summed E-state index contributed by atoms with van der Waals surface area (Å²) in [4.78, 5) is 3.42. The van der Waals surface area contributed by atoms with E-state index in [1.807, 2.05) is 7.05 Å². The topological polar surface area (TPSA) is 46.8 Å². The molecular weight excluding hydrogens is 282 g/mol. The van der Waals surface area contributed by atoms with E-state index < -0.39 is 0 Å². The van der Waals surface area contributed by atoms with Gasteiger partial charge in [-0.2, -0.15) is 0 Å². The van der Waals surface area contributed by atoms with E-state index in [0.29, 0.717) is 6.04 Å². The van der Waals surface area contributed by atoms with Crippen LogP contribution in [0.25, 0.3) is 0 Å². The van der Waals surface area contributed by atoms with Crippen molar-refractivity contribution in [3.05, 3.63) is 5.82 Å². The minimum atomic E-state index is 0.625. The molecule has 0 amide bonds. The molecule has 0 aliphatic heterocycles. The molecule has 1 fully saturated rings. The van der Waals surface area contributed by atoms with E-state index in [4.69, 9.17) is 12.2 Å². The van der Waals surface area contributed by atoms with Crippen LogP contribution in [0.4, 0.5) is 0 Å². The highest BCUT2D eigenvalue weighted by Crippen LogP contribution is 2.32. The third-order valence-electron chi connectivity index (χ3n) is 5.01. The van der Waals surface area contributed by atoms with Crippen LogP contribution in [0.3, 0.4) is 0 Å². The molecule has 5 nitrogen and oxygen atoms in total. The van der Waals surface area contributed by atoms with Crippen molar-refractivity contribution in [2.45, 2.75) is 58.4 Å². The molecule has 0 saturated heterocycles. The van der Waals surface area contributed by atoms with E-state index in [9.17, 15) is 0 Å². The van der Waals surface area contributed by atoms with Gasteiger partial charge in [0.15, 0.2) is 5.82 Å². The van der Waals surface area contributed by atoms with Crippen LogP contribution in [0, 0.1) is 11.8 Å². The lowest BCUT2D eigenvalue weighted by atomic mass is 9.78. The summed E-state index contributed by atoms with van der Waals surface area (Å²) in [6.45, 7) is 4.74. The van der Waals surface area contributed by atoms with Crippen LogP contribution >= 0.6 is 12.2 Å². The van der Waals surface area contributed by atoms with Crippen LogP contribution in [-0.2, 0) is 13.5 Å². The molecule has 0 bridgehead atoms. The van der Waals surface area contributed by atoms with Gasteiger partial charge in [-0.1, -0.05) is 26.1 Å². The minimum Gasteiger partial charge on any atom is -0.366 e. The molecule has 3 atom stereocenters. The number of hydrogen-bond donors (Lipinski definition) is 0. The minimum absolute atomic E-state index is 0.625. The average molecular weight is 309 g/mol. The molecule has 1 aromatic rings. The lowest BCUT2D eigenvalue weighted by Gasteiger charge is -2.38. The van der Waals surface area contributed by atoms with Crippen LogP contribution in [0.2, 0.25) is 0 Å². The number of aryl methyl sites for hydroxylation is 2. The molecule has 6 heteroatoms. The molecule has 118 valence electrons. The molecule has 1 saturated carbocycles. The van der Waals surface area contributed by atoms with Gasteiger partial charge in [0, 0.05) is 26.6 Å². The summed E-state index contributed by atoms with van der Waals surface area (Å²) >= 11 is 5.62. The second-order valence-electron chi connectivity index (χ2n) is 6.50. The number of hydrogen-bond acceptors (Lipinski definition) is 4. The molecule has 0 N–H and O–H groups in total. The SMILES string of the molecule is CC1CCC(N(C)C(=S)CCCc2nnnn2C)CC1C. The zero-order valence-corrected chi connectivity index (χ0v) is 14.4. The van der Waals surface area contributed by atoms with Crippen LogP contribution in [0.15, 0.2) is 0 Å². The second-order valence-corrected chi connectivity index (χ2v) is 6.97. The Kier molecular flexibility index (Phi) is 5.67. The number of thiocarbonyl (C=S) groups is 1. The van der Waals surface area contributed by atoms with Gasteiger partial charge in [-0.25, -0.2) is 4.68 Å². The number of nitrogens with zero attached hydrogens (tertiary/aromatic N) is 5. The van der Waals surface area contributed by atoms with Gasteiger partial charge >= 0.3 is 0 Å². The van der Waals surface area contributed by atoms with Crippen molar-refractivity contribution in [2.24, 2.45) is 18.9 Å². The van der Waals surface area contributed by atoms with Gasteiger partial charge in [0.1, 0.15) is 0 Å². The summed E-state index contributed by atoms with van der Waals surface area (Å²) in [7, 11) is 4.05. The third kappa shape index (κ3) is 4.22. The lowest BCUT2D eigenvalue weighted by Crippen LogP contribution is -2.40. The number of rotatable bonds is 5. The van der Waals surface area contributed by atoms with Gasteiger partial charge in [-0.15, -0.1) is 5.10 Å². The van der Waals surface area contributed by atoms with Gasteiger partial charge in [-0.05, 0) is 54.4 Å². The molecule has 1 heterocycles. The van der Waals surface area contributed by atoms with E-state index in [1.54, 1.807) is 4.68 Å². The summed E-state index contributed by atoms with van der Waals surface area (Å²) in [5.74, 6) is 2.59. The van der Waals surface area contributed by atoms with Gasteiger partial charge in [-0.3, -0.25) is 0 Å². The normalized spacial score (nSPS) is 25.8. The first kappa shape index (κ1) is 16.3. The zero-order chi connectivity index (χ0) is 15.4. The Morgan fingerprint density at radius 1 is 1.33 bits per heavy atom. The van der Waals surface area contributed by atoms with Gasteiger partial charge in [0.05, 0.1) is 4.99 Å². The standard InChI is InChI=1S/C15H27N5S/c1-11-8-9-13(10-12(11)2)19(3)15(21)7-5-6-14-16-17-18-20(14)4/h11-13H,5-10H2,1-4H3. The van der Waals surface area contributed by atoms with Crippen molar-refractivity contribution < 1.29 is 0 Å². The third-order valence-corrected chi connectivity index (χ3v) is 5.50. The van der Waals surface area contributed by atoms with Crippen LogP contribution in [0.1, 0.15) is 51.8 Å². The molecule has 0 radical (unpaired) electrons. The Hall–Kier alpha value is -1.04. The molecule has 3 unspecified atom stereocenters. The summed E-state index contributed by atoms with van der Waals surface area (Å²) in [6, 6.07) is 0.625. The summed E-state index contributed by atoms with van der Waals surface area (Å²) in [6.07, 6.45) is 6.70. The molecular formula is C15H27N5S. The van der Waals surface area contributed by atoms with Crippen molar-refractivity contribution in [1.29, 1.82) is 0 Å². The van der Waals surface area contributed by atoms with Crippen molar-refractivity contribution >= 4 is 17.2 Å². The van der Waals surface area contributed by atoms with E-state index in [0.717, 1.165) is 41.9 Å². The quantitative estimate of drug-likeness (QED) is 0.783. The first-order valence-corrected chi connectivity index (χ1v) is 8.36. The fourth-order valence-corrected chi connectivity index (χ4v) is 3.40. The predicted molar refractivity (Wildman–Crippen MR) is 88.1 cm³/mol. The van der Waals surface area contributed by atoms with Crippen LogP contribution in [-0.4, -0.2) is 43.2 Å². The average Bonchev–Trinajstić information content (AvgIpc) is 2.86. The fraction of sp³-hybridized carbons (Fsp3) is 0.867. The molecule has 0 spiro atoms. The highest BCUT2D eigenvalue weighted by atomic mass is 32.1. The predicted octanol–water partition coefficient (Wildman–Crippen LogP) is 2.62. The Morgan fingerprint density at radius 3 is 2.71 bits per heavy atom. The largest absolute Gasteiger partial charge is 0.366 e. The highest BCUT2D eigenvalue weighted by molar-refractivity contribution is 7.80. The van der Waals surface area contributed by atoms with Crippen LogP contribution in [0.5, 0.6) is 0 Å². The highest BCUT2D eigenvalue weighted by Gasteiger charge is 2.27. The maximum absolute atomic E-state index is 5.62. The Bertz CT molecular complexity index is 472. The molecule has 0 aromatic carbocycles. The van der Waals surface area contributed by atoms with Crippen molar-refractivity contribution in [3.63, 3.8) is 0 Å². The molecule has 21 heavy (non-hydrogen) atoms. The van der Waals surface area contributed by atoms with E-state index in [-0.39, 0.29) is 0 Å².